The summed E-state index contributed by atoms with van der Waals surface area (Å²) in [6.45, 7) is 2.71. The van der Waals surface area contributed by atoms with Crippen molar-refractivity contribution in [2.45, 2.75) is 25.9 Å². The molecule has 0 fully saturated rings. The monoisotopic (exact) mass is 514 g/mol. The normalized spacial score (nSPS) is 12.0. The number of ether oxygens (including phenoxy) is 3. The van der Waals surface area contributed by atoms with Gasteiger partial charge in [0.25, 0.3) is 0 Å². The molecule has 1 atom stereocenters. The van der Waals surface area contributed by atoms with Crippen molar-refractivity contribution in [2.75, 3.05) is 20.8 Å². The first kappa shape index (κ1) is 26.5. The van der Waals surface area contributed by atoms with Crippen LogP contribution in [0.15, 0.2) is 94.8 Å². The van der Waals surface area contributed by atoms with Crippen molar-refractivity contribution in [2.24, 2.45) is 5.16 Å². The summed E-state index contributed by atoms with van der Waals surface area (Å²) in [6.07, 6.45) is 1.66. The molecule has 8 nitrogen and oxygen atoms in total. The maximum atomic E-state index is 11.9. The molecule has 1 heterocycles. The maximum absolute atomic E-state index is 11.9. The zero-order valence-electron chi connectivity index (χ0n) is 21.6. The molecule has 3 aromatic carbocycles. The number of esters is 1. The van der Waals surface area contributed by atoms with Gasteiger partial charge in [-0.05, 0) is 48.4 Å². The minimum atomic E-state index is -0.317. The van der Waals surface area contributed by atoms with Gasteiger partial charge in [0, 0.05) is 17.5 Å². The number of benzene rings is 3. The summed E-state index contributed by atoms with van der Waals surface area (Å²) in [5.74, 6) is 0.856. The fraction of sp³-hybridized carbons (Fsp3) is 0.233. The van der Waals surface area contributed by atoms with Gasteiger partial charge < -0.3 is 23.6 Å². The molecule has 4 rings (SSSR count). The SMILES string of the molecule is CO/N=C(\COc1ccc(COc2ccc(C(CC(=O)OC)c3ccon3)cc2)cc1)c1cccc(C)c1. The molecule has 0 saturated carbocycles. The van der Waals surface area contributed by atoms with E-state index in [2.05, 4.69) is 10.3 Å². The predicted molar refractivity (Wildman–Crippen MR) is 142 cm³/mol. The van der Waals surface area contributed by atoms with Crippen LogP contribution in [-0.4, -0.2) is 37.7 Å². The highest BCUT2D eigenvalue weighted by Crippen LogP contribution is 2.29. The third kappa shape index (κ3) is 7.22. The van der Waals surface area contributed by atoms with Gasteiger partial charge in [0.2, 0.25) is 0 Å². The smallest absolute Gasteiger partial charge is 0.306 e. The van der Waals surface area contributed by atoms with Gasteiger partial charge >= 0.3 is 5.97 Å². The first-order valence-electron chi connectivity index (χ1n) is 12.1. The molecule has 38 heavy (non-hydrogen) atoms. The van der Waals surface area contributed by atoms with Gasteiger partial charge in [-0.3, -0.25) is 4.79 Å². The van der Waals surface area contributed by atoms with Crippen LogP contribution in [0, 0.1) is 6.92 Å². The largest absolute Gasteiger partial charge is 0.489 e. The number of hydrogen-bond acceptors (Lipinski definition) is 8. The molecular weight excluding hydrogens is 484 g/mol. The van der Waals surface area contributed by atoms with Crippen LogP contribution in [0.2, 0.25) is 0 Å². The topological polar surface area (TPSA) is 92.4 Å². The lowest BCUT2D eigenvalue weighted by Crippen LogP contribution is -2.13. The lowest BCUT2D eigenvalue weighted by atomic mass is 9.92. The first-order chi connectivity index (χ1) is 18.6. The van der Waals surface area contributed by atoms with Crippen molar-refractivity contribution in [1.29, 1.82) is 0 Å². The second kappa shape index (κ2) is 13.1. The lowest BCUT2D eigenvalue weighted by molar-refractivity contribution is -0.140. The number of hydrogen-bond donors (Lipinski definition) is 0. The van der Waals surface area contributed by atoms with Crippen LogP contribution in [0.1, 0.15) is 40.3 Å². The van der Waals surface area contributed by atoms with Crippen LogP contribution < -0.4 is 9.47 Å². The van der Waals surface area contributed by atoms with E-state index >= 15 is 0 Å². The highest BCUT2D eigenvalue weighted by atomic mass is 16.6. The Morgan fingerprint density at radius 2 is 1.68 bits per heavy atom. The Balaban J connectivity index is 1.33. The molecule has 0 radical (unpaired) electrons. The summed E-state index contributed by atoms with van der Waals surface area (Å²) in [7, 11) is 2.89. The van der Waals surface area contributed by atoms with Crippen molar-refractivity contribution in [3.8, 4) is 11.5 Å². The van der Waals surface area contributed by atoms with E-state index in [0.717, 1.165) is 28.0 Å². The van der Waals surface area contributed by atoms with Gasteiger partial charge in [0.05, 0.1) is 19.2 Å². The molecule has 1 aromatic heterocycles. The lowest BCUT2D eigenvalue weighted by Gasteiger charge is -2.14. The summed E-state index contributed by atoms with van der Waals surface area (Å²) in [5, 5.41) is 8.12. The van der Waals surface area contributed by atoms with Crippen LogP contribution in [0.4, 0.5) is 0 Å². The van der Waals surface area contributed by atoms with Crippen molar-refractivity contribution in [3.05, 3.63) is 113 Å². The Kier molecular flexibility index (Phi) is 9.12. The van der Waals surface area contributed by atoms with Crippen molar-refractivity contribution in [1.82, 2.24) is 5.16 Å². The van der Waals surface area contributed by atoms with Crippen LogP contribution in [-0.2, 0) is 21.0 Å². The molecule has 196 valence electrons. The fourth-order valence-electron chi connectivity index (χ4n) is 3.94. The van der Waals surface area contributed by atoms with Crippen molar-refractivity contribution < 1.29 is 28.4 Å². The molecule has 0 bridgehead atoms. The minimum Gasteiger partial charge on any atom is -0.489 e. The third-order valence-corrected chi connectivity index (χ3v) is 5.95. The van der Waals surface area contributed by atoms with Crippen LogP contribution in [0.3, 0.4) is 0 Å². The molecule has 4 aromatic rings. The number of carbonyl (C=O) groups is 1. The van der Waals surface area contributed by atoms with E-state index in [1.54, 1.807) is 6.07 Å². The van der Waals surface area contributed by atoms with E-state index in [1.807, 2.05) is 79.7 Å². The zero-order chi connectivity index (χ0) is 26.7. The maximum Gasteiger partial charge on any atom is 0.306 e. The van der Waals surface area contributed by atoms with Crippen molar-refractivity contribution >= 4 is 11.7 Å². The van der Waals surface area contributed by atoms with Gasteiger partial charge in [-0.1, -0.05) is 58.3 Å². The molecule has 8 heteroatoms. The number of methoxy groups -OCH3 is 1. The Morgan fingerprint density at radius 3 is 2.34 bits per heavy atom. The Hall–Kier alpha value is -4.59. The zero-order valence-corrected chi connectivity index (χ0v) is 21.6. The van der Waals surface area contributed by atoms with Crippen LogP contribution >= 0.6 is 0 Å². The van der Waals surface area contributed by atoms with E-state index in [4.69, 9.17) is 23.6 Å². The number of nitrogens with zero attached hydrogens (tertiary/aromatic N) is 2. The second-order valence-corrected chi connectivity index (χ2v) is 8.64. The van der Waals surface area contributed by atoms with Gasteiger partial charge in [-0.25, -0.2) is 0 Å². The Morgan fingerprint density at radius 1 is 0.947 bits per heavy atom. The molecule has 0 N–H and O–H groups in total. The Labute approximate surface area is 221 Å². The van der Waals surface area contributed by atoms with Gasteiger partial charge in [0.1, 0.15) is 43.8 Å². The molecule has 0 saturated heterocycles. The second-order valence-electron chi connectivity index (χ2n) is 8.64. The standard InChI is InChI=1S/C30H30N2O6/c1-21-5-4-6-24(17-21)29(31-35-3)20-37-25-11-7-22(8-12-25)19-36-26-13-9-23(10-14-26)27(18-30(33)34-2)28-15-16-38-32-28/h4-17,27H,18-20H2,1-3H3/b31-29+. The average Bonchev–Trinajstić information content (AvgIpc) is 3.48. The molecule has 0 aliphatic heterocycles. The highest BCUT2D eigenvalue weighted by Gasteiger charge is 2.21. The predicted octanol–water partition coefficient (Wildman–Crippen LogP) is 5.69. The van der Waals surface area contributed by atoms with Gasteiger partial charge in [0.15, 0.2) is 0 Å². The first-order valence-corrected chi connectivity index (χ1v) is 12.1. The fourth-order valence-corrected chi connectivity index (χ4v) is 3.94. The quantitative estimate of drug-likeness (QED) is 0.136. The van der Waals surface area contributed by atoms with Crippen LogP contribution in [0.5, 0.6) is 11.5 Å². The minimum absolute atomic E-state index is 0.168. The molecule has 0 spiro atoms. The van der Waals surface area contributed by atoms with Gasteiger partial charge in [-0.15, -0.1) is 0 Å². The highest BCUT2D eigenvalue weighted by molar-refractivity contribution is 6.01. The molecule has 0 aliphatic carbocycles. The Bertz CT molecular complexity index is 1330. The van der Waals surface area contributed by atoms with Crippen LogP contribution in [0.25, 0.3) is 0 Å². The summed E-state index contributed by atoms with van der Waals surface area (Å²) in [6, 6.07) is 25.1. The average molecular weight is 515 g/mol. The number of oxime groups is 1. The number of carbonyl (C=O) groups excluding carboxylic acids is 1. The summed E-state index contributed by atoms with van der Waals surface area (Å²) < 4.78 is 21.7. The van der Waals surface area contributed by atoms with E-state index in [-0.39, 0.29) is 24.9 Å². The number of aromatic nitrogens is 1. The summed E-state index contributed by atoms with van der Waals surface area (Å²) in [4.78, 5) is 16.9. The molecule has 1 unspecified atom stereocenters. The van der Waals surface area contributed by atoms with E-state index in [1.165, 1.54) is 20.5 Å². The molecule has 0 amide bonds. The molecular formula is C30H30N2O6. The van der Waals surface area contributed by atoms with Gasteiger partial charge in [-0.2, -0.15) is 0 Å². The number of aryl methyl sites for hydroxylation is 1. The summed E-state index contributed by atoms with van der Waals surface area (Å²) in [5.41, 5.74) is 5.40. The summed E-state index contributed by atoms with van der Waals surface area (Å²) >= 11 is 0. The van der Waals surface area contributed by atoms with E-state index in [0.29, 0.717) is 23.8 Å². The third-order valence-electron chi connectivity index (χ3n) is 5.95. The number of rotatable bonds is 12. The van der Waals surface area contributed by atoms with E-state index < -0.39 is 0 Å². The van der Waals surface area contributed by atoms with E-state index in [9.17, 15) is 4.79 Å². The van der Waals surface area contributed by atoms with Crippen molar-refractivity contribution in [3.63, 3.8) is 0 Å². The molecule has 0 aliphatic rings.